The number of hydrogen-bond donors (Lipinski definition) is 2. The lowest BCUT2D eigenvalue weighted by atomic mass is 9.91. The molecule has 0 fully saturated rings. The third kappa shape index (κ3) is 4.34. The van der Waals surface area contributed by atoms with Crippen LogP contribution in [-0.2, 0) is 4.79 Å². The molecule has 3 aromatic rings. The molecule has 0 saturated heterocycles. The van der Waals surface area contributed by atoms with Gasteiger partial charge in [0.1, 0.15) is 5.01 Å². The minimum atomic E-state index is -0.187. The number of methoxy groups -OCH3 is 2. The monoisotopic (exact) mass is 433 g/mol. The topological polar surface area (TPSA) is 93.0 Å². The summed E-state index contributed by atoms with van der Waals surface area (Å²) in [6.07, 6.45) is 6.60. The van der Waals surface area contributed by atoms with E-state index in [1.54, 1.807) is 44.7 Å². The van der Waals surface area contributed by atoms with Crippen LogP contribution < -0.4 is 14.9 Å². The molecule has 1 heterocycles. The summed E-state index contributed by atoms with van der Waals surface area (Å²) in [7, 11) is 3.13. The summed E-state index contributed by atoms with van der Waals surface area (Å²) in [6.45, 7) is 0. The van der Waals surface area contributed by atoms with Gasteiger partial charge in [0.15, 0.2) is 22.3 Å². The number of benzene rings is 2. The van der Waals surface area contributed by atoms with Crippen LogP contribution in [0.5, 0.6) is 17.4 Å². The molecule has 0 radical (unpaired) electrons. The Morgan fingerprint density at radius 2 is 1.90 bits per heavy atom. The number of hydrogen-bond acceptors (Lipinski definition) is 8. The molecule has 0 amide bonds. The van der Waals surface area contributed by atoms with E-state index in [0.717, 1.165) is 16.7 Å². The number of aromatic nitrogens is 1. The molecule has 0 spiro atoms. The molecule has 1 aliphatic rings. The van der Waals surface area contributed by atoms with Gasteiger partial charge in [-0.1, -0.05) is 41.7 Å². The van der Waals surface area contributed by atoms with Crippen molar-refractivity contribution in [2.45, 2.75) is 0 Å². The highest BCUT2D eigenvalue weighted by molar-refractivity contribution is 7.17. The Morgan fingerprint density at radius 1 is 1.10 bits per heavy atom. The van der Waals surface area contributed by atoms with Gasteiger partial charge in [-0.25, -0.2) is 4.98 Å². The van der Waals surface area contributed by atoms with Crippen LogP contribution in [0.25, 0.3) is 17.7 Å². The van der Waals surface area contributed by atoms with E-state index < -0.39 is 0 Å². The summed E-state index contributed by atoms with van der Waals surface area (Å²) in [4.78, 5) is 16.5. The number of nitrogens with zero attached hydrogens (tertiary/aromatic N) is 2. The van der Waals surface area contributed by atoms with Gasteiger partial charge in [-0.15, -0.1) is 0 Å². The molecule has 0 saturated carbocycles. The smallest absolute Gasteiger partial charge is 0.248 e. The van der Waals surface area contributed by atoms with Gasteiger partial charge in [-0.3, -0.25) is 10.2 Å². The van der Waals surface area contributed by atoms with Crippen LogP contribution in [0.15, 0.2) is 53.6 Å². The zero-order chi connectivity index (χ0) is 21.8. The molecule has 8 heteroatoms. The minimum absolute atomic E-state index is 0.102. The van der Waals surface area contributed by atoms with Gasteiger partial charge in [-0.2, -0.15) is 5.10 Å². The molecular weight excluding hydrogens is 414 g/mol. The lowest BCUT2D eigenvalue weighted by Crippen LogP contribution is -2.04. The van der Waals surface area contributed by atoms with E-state index in [1.165, 1.54) is 17.4 Å². The first-order valence-corrected chi connectivity index (χ1v) is 10.1. The first-order chi connectivity index (χ1) is 15.1. The number of carbonyl (C=O) groups is 1. The van der Waals surface area contributed by atoms with Gasteiger partial charge in [0.05, 0.1) is 20.4 Å². The van der Waals surface area contributed by atoms with Gasteiger partial charge < -0.3 is 14.6 Å². The highest BCUT2D eigenvalue weighted by atomic mass is 32.1. The lowest BCUT2D eigenvalue weighted by molar-refractivity contribution is -0.109. The fourth-order valence-electron chi connectivity index (χ4n) is 3.11. The van der Waals surface area contributed by atoms with Crippen molar-refractivity contribution < 1.29 is 19.4 Å². The van der Waals surface area contributed by atoms with E-state index in [1.807, 2.05) is 30.3 Å². The van der Waals surface area contributed by atoms with Gasteiger partial charge in [-0.05, 0) is 47.0 Å². The number of aromatic hydroxyl groups is 1. The fraction of sp³-hybridized carbons (Fsp3) is 0.0870. The van der Waals surface area contributed by atoms with E-state index in [9.17, 15) is 9.90 Å². The van der Waals surface area contributed by atoms with Crippen molar-refractivity contribution in [1.82, 2.24) is 4.98 Å². The number of nitrogens with one attached hydrogen (secondary N) is 1. The molecule has 2 N–H and O–H groups in total. The number of ether oxygens (including phenoxy) is 2. The van der Waals surface area contributed by atoms with Crippen molar-refractivity contribution in [1.29, 1.82) is 0 Å². The minimum Gasteiger partial charge on any atom is -0.493 e. The van der Waals surface area contributed by atoms with Gasteiger partial charge in [0, 0.05) is 5.57 Å². The molecule has 1 aliphatic carbocycles. The number of allylic oxidation sites excluding steroid dienone is 2. The third-order valence-corrected chi connectivity index (χ3v) is 5.51. The summed E-state index contributed by atoms with van der Waals surface area (Å²) >= 11 is 1.20. The molecule has 31 heavy (non-hydrogen) atoms. The predicted octanol–water partition coefficient (Wildman–Crippen LogP) is 4.45. The second-order valence-electron chi connectivity index (χ2n) is 6.53. The highest BCUT2D eigenvalue weighted by Gasteiger charge is 2.18. The first kappa shape index (κ1) is 20.4. The number of anilines is 1. The maximum absolute atomic E-state index is 12.4. The van der Waals surface area contributed by atoms with Crippen molar-refractivity contribution >= 4 is 46.1 Å². The number of ketones is 1. The van der Waals surface area contributed by atoms with Crippen LogP contribution in [0.3, 0.4) is 0 Å². The highest BCUT2D eigenvalue weighted by Crippen LogP contribution is 2.34. The second-order valence-corrected chi connectivity index (χ2v) is 7.56. The number of hydrazone groups is 1. The van der Waals surface area contributed by atoms with Gasteiger partial charge >= 0.3 is 0 Å². The third-order valence-electron chi connectivity index (χ3n) is 4.61. The number of carbonyl (C=O) groups excluding carboxylic acids is 1. The van der Waals surface area contributed by atoms with Crippen molar-refractivity contribution in [2.24, 2.45) is 5.10 Å². The maximum atomic E-state index is 12.4. The summed E-state index contributed by atoms with van der Waals surface area (Å²) in [6, 6.07) is 13.0. The Morgan fingerprint density at radius 3 is 2.71 bits per heavy atom. The van der Waals surface area contributed by atoms with Crippen LogP contribution in [0.4, 0.5) is 5.00 Å². The van der Waals surface area contributed by atoms with Crippen LogP contribution >= 0.6 is 11.3 Å². The number of thiazole rings is 1. The normalized spacial score (nSPS) is 14.1. The van der Waals surface area contributed by atoms with Crippen LogP contribution in [-0.4, -0.2) is 36.3 Å². The van der Waals surface area contributed by atoms with Crippen LogP contribution in [0.2, 0.25) is 0 Å². The first-order valence-electron chi connectivity index (χ1n) is 9.33. The van der Waals surface area contributed by atoms with E-state index in [2.05, 4.69) is 15.5 Å². The molecule has 0 aliphatic heterocycles. The Hall–Kier alpha value is -3.91. The SMILES string of the molecule is COc1ccc(C=NNc2sc(/C=C3\C(=O)C=Cc4ccccc43)nc2O)cc1OC. The second kappa shape index (κ2) is 8.85. The molecule has 0 atom stereocenters. The molecular formula is C23H19N3O4S. The summed E-state index contributed by atoms with van der Waals surface area (Å²) < 4.78 is 10.5. The Labute approximate surface area is 183 Å². The van der Waals surface area contributed by atoms with Crippen molar-refractivity contribution in [2.75, 3.05) is 19.6 Å². The average Bonchev–Trinajstić information content (AvgIpc) is 3.14. The van der Waals surface area contributed by atoms with Crippen molar-refractivity contribution in [3.05, 3.63) is 70.2 Å². The molecule has 1 aromatic heterocycles. The Balaban J connectivity index is 1.54. The molecule has 0 bridgehead atoms. The quantitative estimate of drug-likeness (QED) is 0.339. The van der Waals surface area contributed by atoms with E-state index in [-0.39, 0.29) is 11.7 Å². The number of fused-ring (bicyclic) bond motifs is 1. The molecule has 4 rings (SSSR count). The molecule has 0 unspecified atom stereocenters. The van der Waals surface area contributed by atoms with Crippen LogP contribution in [0, 0.1) is 0 Å². The molecule has 156 valence electrons. The zero-order valence-electron chi connectivity index (χ0n) is 16.8. The Bertz CT molecular complexity index is 1230. The van der Waals surface area contributed by atoms with Gasteiger partial charge in [0.2, 0.25) is 5.88 Å². The van der Waals surface area contributed by atoms with Crippen molar-refractivity contribution in [3.8, 4) is 17.4 Å². The fourth-order valence-corrected chi connectivity index (χ4v) is 3.86. The molecule has 2 aromatic carbocycles. The summed E-state index contributed by atoms with van der Waals surface area (Å²) in [5, 5.41) is 15.2. The lowest BCUT2D eigenvalue weighted by Gasteiger charge is -2.12. The van der Waals surface area contributed by atoms with E-state index >= 15 is 0 Å². The summed E-state index contributed by atoms with van der Waals surface area (Å²) in [5.74, 6) is 0.925. The predicted molar refractivity (Wildman–Crippen MR) is 123 cm³/mol. The zero-order valence-corrected chi connectivity index (χ0v) is 17.6. The largest absolute Gasteiger partial charge is 0.493 e. The van der Waals surface area contributed by atoms with E-state index in [4.69, 9.17) is 9.47 Å². The average molecular weight is 433 g/mol. The molecule has 7 nitrogen and oxygen atoms in total. The maximum Gasteiger partial charge on any atom is 0.248 e. The Kier molecular flexibility index (Phi) is 5.81. The van der Waals surface area contributed by atoms with E-state index in [0.29, 0.717) is 27.1 Å². The standard InChI is InChI=1S/C23H19N3O4S/c1-29-19-10-7-14(11-20(19)30-2)13-24-26-23-22(28)25-21(31-23)12-17-16-6-4-3-5-15(16)8-9-18(17)27/h3-13,26,28H,1-2H3/b17-12-,24-13?. The van der Waals surface area contributed by atoms with Crippen molar-refractivity contribution in [3.63, 3.8) is 0 Å². The van der Waals surface area contributed by atoms with Gasteiger partial charge in [0.25, 0.3) is 0 Å². The number of rotatable bonds is 6. The summed E-state index contributed by atoms with van der Waals surface area (Å²) in [5.41, 5.74) is 5.91. The van der Waals surface area contributed by atoms with Crippen LogP contribution in [0.1, 0.15) is 21.7 Å².